The minimum absolute atomic E-state index is 0.168. The van der Waals surface area contributed by atoms with Crippen LogP contribution < -0.4 is 0 Å². The van der Waals surface area contributed by atoms with E-state index in [0.29, 0.717) is 18.0 Å². The highest BCUT2D eigenvalue weighted by molar-refractivity contribution is 7.89. The highest BCUT2D eigenvalue weighted by Gasteiger charge is 2.24. The molecule has 0 amide bonds. The highest BCUT2D eigenvalue weighted by atomic mass is 32.2. The maximum Gasteiger partial charge on any atom is 0.244 e. The van der Waals surface area contributed by atoms with E-state index in [0.717, 1.165) is 0 Å². The van der Waals surface area contributed by atoms with Gasteiger partial charge in [-0.1, -0.05) is 0 Å². The maximum absolute atomic E-state index is 12.4. The number of rotatable bonds is 6. The Balaban J connectivity index is 2.27. The average molecular weight is 298 g/mol. The molecule has 0 fully saturated rings. The molecule has 2 rings (SSSR count). The molecule has 7 heteroatoms. The molecule has 0 radical (unpaired) electrons. The lowest BCUT2D eigenvalue weighted by Gasteiger charge is -2.14. The molecule has 0 aliphatic heterocycles. The van der Waals surface area contributed by atoms with Crippen LogP contribution in [0.15, 0.2) is 40.0 Å². The van der Waals surface area contributed by atoms with Crippen molar-refractivity contribution in [1.29, 1.82) is 0 Å². The zero-order valence-corrected chi connectivity index (χ0v) is 12.3. The van der Waals surface area contributed by atoms with Gasteiger partial charge in [0, 0.05) is 25.5 Å². The molecule has 110 valence electrons. The van der Waals surface area contributed by atoms with Gasteiger partial charge in [-0.2, -0.15) is 4.31 Å². The van der Waals surface area contributed by atoms with Crippen LogP contribution in [0.1, 0.15) is 18.4 Å². The van der Waals surface area contributed by atoms with Crippen molar-refractivity contribution in [3.63, 3.8) is 0 Å². The van der Waals surface area contributed by atoms with Gasteiger partial charge in [-0.3, -0.25) is 0 Å². The number of aromatic nitrogens is 1. The summed E-state index contributed by atoms with van der Waals surface area (Å²) in [6.07, 6.45) is 3.05. The Morgan fingerprint density at radius 3 is 2.70 bits per heavy atom. The largest absolute Gasteiger partial charge is 0.468 e. The summed E-state index contributed by atoms with van der Waals surface area (Å²) in [5, 5.41) is 9.23. The van der Waals surface area contributed by atoms with Crippen molar-refractivity contribution in [3.05, 3.63) is 42.1 Å². The van der Waals surface area contributed by atoms with Gasteiger partial charge < -0.3 is 14.1 Å². The Hall–Kier alpha value is -1.57. The van der Waals surface area contributed by atoms with Crippen LogP contribution in [-0.2, 0) is 29.7 Å². The first-order chi connectivity index (χ1) is 9.48. The van der Waals surface area contributed by atoms with Gasteiger partial charge in [0.2, 0.25) is 10.0 Å². The number of aryl methyl sites for hydroxylation is 1. The van der Waals surface area contributed by atoms with Crippen LogP contribution in [0.25, 0.3) is 0 Å². The van der Waals surface area contributed by atoms with Gasteiger partial charge in [0.05, 0.1) is 19.4 Å². The van der Waals surface area contributed by atoms with Crippen molar-refractivity contribution >= 4 is 10.0 Å². The molecule has 0 unspecified atom stereocenters. The van der Waals surface area contributed by atoms with E-state index < -0.39 is 10.0 Å². The third-order valence-electron chi connectivity index (χ3n) is 3.13. The SMILES string of the molecule is CCn1cc(S(=O)(=O)N(C)Cc2ccco2)cc1CO. The quantitative estimate of drug-likeness (QED) is 0.875. The number of sulfonamides is 1. The monoisotopic (exact) mass is 298 g/mol. The van der Waals surface area contributed by atoms with Crippen LogP contribution in [0.5, 0.6) is 0 Å². The standard InChI is InChI=1S/C13H18N2O4S/c1-3-15-9-13(7-11(15)10-16)20(17,18)14(2)8-12-5-4-6-19-12/h4-7,9,16H,3,8,10H2,1-2H3. The van der Waals surface area contributed by atoms with Crippen molar-refractivity contribution in [1.82, 2.24) is 8.87 Å². The molecule has 2 aromatic heterocycles. The lowest BCUT2D eigenvalue weighted by Crippen LogP contribution is -2.26. The summed E-state index contributed by atoms with van der Waals surface area (Å²) in [6, 6.07) is 4.94. The second kappa shape index (κ2) is 5.82. The summed E-state index contributed by atoms with van der Waals surface area (Å²) in [6.45, 7) is 2.47. The zero-order valence-electron chi connectivity index (χ0n) is 11.5. The smallest absolute Gasteiger partial charge is 0.244 e. The van der Waals surface area contributed by atoms with Crippen LogP contribution >= 0.6 is 0 Å². The number of aliphatic hydroxyl groups is 1. The highest BCUT2D eigenvalue weighted by Crippen LogP contribution is 2.20. The molecule has 2 aromatic rings. The average Bonchev–Trinajstić information content (AvgIpc) is 3.06. The van der Waals surface area contributed by atoms with E-state index in [9.17, 15) is 13.5 Å². The Labute approximate surface area is 118 Å². The van der Waals surface area contributed by atoms with Gasteiger partial charge in [-0.15, -0.1) is 0 Å². The second-order valence-corrected chi connectivity index (χ2v) is 6.50. The van der Waals surface area contributed by atoms with E-state index in [4.69, 9.17) is 4.42 Å². The minimum atomic E-state index is -3.60. The van der Waals surface area contributed by atoms with Gasteiger partial charge in [-0.25, -0.2) is 8.42 Å². The van der Waals surface area contributed by atoms with Gasteiger partial charge in [0.15, 0.2) is 0 Å². The lowest BCUT2D eigenvalue weighted by molar-refractivity contribution is 0.271. The Kier molecular flexibility index (Phi) is 4.32. The van der Waals surface area contributed by atoms with E-state index >= 15 is 0 Å². The van der Waals surface area contributed by atoms with Gasteiger partial charge >= 0.3 is 0 Å². The van der Waals surface area contributed by atoms with Gasteiger partial charge in [0.25, 0.3) is 0 Å². The molecule has 0 aromatic carbocycles. The van der Waals surface area contributed by atoms with E-state index in [-0.39, 0.29) is 18.0 Å². The van der Waals surface area contributed by atoms with Gasteiger partial charge in [-0.05, 0) is 25.1 Å². The van der Waals surface area contributed by atoms with Crippen molar-refractivity contribution in [2.75, 3.05) is 7.05 Å². The topological polar surface area (TPSA) is 75.7 Å². The first-order valence-corrected chi connectivity index (χ1v) is 7.71. The molecule has 2 heterocycles. The zero-order chi connectivity index (χ0) is 14.8. The van der Waals surface area contributed by atoms with E-state index in [2.05, 4.69) is 0 Å². The molecule has 0 atom stereocenters. The molecule has 0 spiro atoms. The molecular formula is C13H18N2O4S. The van der Waals surface area contributed by atoms with Gasteiger partial charge in [0.1, 0.15) is 10.7 Å². The molecule has 0 bridgehead atoms. The molecule has 20 heavy (non-hydrogen) atoms. The third kappa shape index (κ3) is 2.79. The predicted molar refractivity (Wildman–Crippen MR) is 73.4 cm³/mol. The third-order valence-corrected chi connectivity index (χ3v) is 4.90. The molecule has 0 aliphatic rings. The van der Waals surface area contributed by atoms with Crippen LogP contribution in [0.3, 0.4) is 0 Å². The maximum atomic E-state index is 12.4. The molecule has 6 nitrogen and oxygen atoms in total. The van der Waals surface area contributed by atoms with E-state index in [1.165, 1.54) is 23.7 Å². The summed E-state index contributed by atoms with van der Waals surface area (Å²) in [5.74, 6) is 0.577. The summed E-state index contributed by atoms with van der Waals surface area (Å²) in [4.78, 5) is 0.178. The fourth-order valence-corrected chi connectivity index (χ4v) is 3.18. The van der Waals surface area contributed by atoms with Crippen molar-refractivity contribution in [2.24, 2.45) is 0 Å². The summed E-state index contributed by atoms with van der Waals surface area (Å²) in [7, 11) is -2.10. The summed E-state index contributed by atoms with van der Waals surface area (Å²) >= 11 is 0. The fourth-order valence-electron chi connectivity index (χ4n) is 1.98. The molecular weight excluding hydrogens is 280 g/mol. The van der Waals surface area contributed by atoms with Crippen molar-refractivity contribution in [2.45, 2.75) is 31.5 Å². The van der Waals surface area contributed by atoms with E-state index in [1.54, 1.807) is 22.9 Å². The molecule has 1 N–H and O–H groups in total. The van der Waals surface area contributed by atoms with Crippen molar-refractivity contribution in [3.8, 4) is 0 Å². The normalized spacial score (nSPS) is 12.2. The summed E-state index contributed by atoms with van der Waals surface area (Å²) < 4.78 is 33.0. The number of nitrogens with zero attached hydrogens (tertiary/aromatic N) is 2. The molecule has 0 aliphatic carbocycles. The fraction of sp³-hybridized carbons (Fsp3) is 0.385. The number of furan rings is 1. The van der Waals surface area contributed by atoms with Crippen molar-refractivity contribution < 1.29 is 17.9 Å². The second-order valence-electron chi connectivity index (χ2n) is 4.45. The van der Waals surface area contributed by atoms with E-state index in [1.807, 2.05) is 6.92 Å². The van der Waals surface area contributed by atoms with Crippen LogP contribution in [0.2, 0.25) is 0 Å². The van der Waals surface area contributed by atoms with Crippen LogP contribution in [-0.4, -0.2) is 29.4 Å². The Morgan fingerprint density at radius 1 is 1.45 bits per heavy atom. The number of aliphatic hydroxyl groups excluding tert-OH is 1. The molecule has 0 saturated carbocycles. The Bertz CT molecular complexity index is 637. The summed E-state index contributed by atoms with van der Waals surface area (Å²) in [5.41, 5.74) is 0.581. The Morgan fingerprint density at radius 2 is 2.20 bits per heavy atom. The number of hydrogen-bond acceptors (Lipinski definition) is 4. The molecule has 0 saturated heterocycles. The first kappa shape index (κ1) is 14.8. The lowest BCUT2D eigenvalue weighted by atomic mass is 10.4. The number of hydrogen-bond donors (Lipinski definition) is 1. The minimum Gasteiger partial charge on any atom is -0.468 e. The first-order valence-electron chi connectivity index (χ1n) is 6.27. The predicted octanol–water partition coefficient (Wildman–Crippen LogP) is 1.41. The van der Waals surface area contributed by atoms with Crippen LogP contribution in [0, 0.1) is 0 Å². The van der Waals surface area contributed by atoms with Crippen LogP contribution in [0.4, 0.5) is 0 Å².